The number of rotatable bonds is 6. The maximum atomic E-state index is 13.7. The molecule has 0 atom stereocenters. The molecule has 1 N–H and O–H groups in total. The molecule has 33 heavy (non-hydrogen) atoms. The lowest BCUT2D eigenvalue weighted by Gasteiger charge is -2.12. The molecule has 0 radical (unpaired) electrons. The van der Waals surface area contributed by atoms with Gasteiger partial charge in [0, 0.05) is 46.9 Å². The fourth-order valence-corrected chi connectivity index (χ4v) is 3.78. The molecule has 2 aromatic carbocycles. The van der Waals surface area contributed by atoms with Crippen LogP contribution in [0.2, 0.25) is 0 Å². The second-order valence-corrected chi connectivity index (χ2v) is 7.16. The van der Waals surface area contributed by atoms with Gasteiger partial charge in [0.25, 0.3) is 0 Å². The second kappa shape index (κ2) is 8.70. The summed E-state index contributed by atoms with van der Waals surface area (Å²) < 4.78 is 76.6. The van der Waals surface area contributed by atoms with Crippen molar-refractivity contribution in [1.29, 1.82) is 0 Å². The number of ether oxygens (including phenoxy) is 2. The summed E-state index contributed by atoms with van der Waals surface area (Å²) in [7, 11) is 1.44. The van der Waals surface area contributed by atoms with Gasteiger partial charge in [-0.25, -0.2) is 13.8 Å². The third-order valence-corrected chi connectivity index (χ3v) is 5.02. The monoisotopic (exact) mass is 464 g/mol. The van der Waals surface area contributed by atoms with E-state index in [2.05, 4.69) is 9.72 Å². The predicted molar refractivity (Wildman–Crippen MR) is 110 cm³/mol. The first kappa shape index (κ1) is 22.5. The van der Waals surface area contributed by atoms with Crippen LogP contribution in [0.15, 0.2) is 54.7 Å². The highest BCUT2D eigenvalue weighted by Crippen LogP contribution is 2.38. The van der Waals surface area contributed by atoms with Gasteiger partial charge in [-0.15, -0.1) is 13.2 Å². The molecule has 0 aliphatic rings. The zero-order chi connectivity index (χ0) is 23.8. The molecule has 0 aliphatic heterocycles. The van der Waals surface area contributed by atoms with E-state index in [4.69, 9.17) is 4.74 Å². The fraction of sp³-hybridized carbons (Fsp3) is 0.174. The number of alkyl halides is 3. The van der Waals surface area contributed by atoms with Crippen LogP contribution in [0, 0.1) is 11.6 Å². The minimum atomic E-state index is -4.89. The van der Waals surface area contributed by atoms with Crippen molar-refractivity contribution in [3.05, 3.63) is 77.6 Å². The first-order chi connectivity index (χ1) is 15.7. The van der Waals surface area contributed by atoms with E-state index in [9.17, 15) is 27.1 Å². The maximum absolute atomic E-state index is 13.7. The quantitative estimate of drug-likeness (QED) is 0.387. The zero-order valence-electron chi connectivity index (χ0n) is 17.2. The van der Waals surface area contributed by atoms with Crippen LogP contribution in [0.25, 0.3) is 22.0 Å². The number of nitrogens with zero attached hydrogens (tertiary/aromatic N) is 2. The fourth-order valence-electron chi connectivity index (χ4n) is 3.78. The molecule has 0 saturated heterocycles. The van der Waals surface area contributed by atoms with Gasteiger partial charge >= 0.3 is 6.36 Å². The number of aromatic nitrogens is 2. The summed E-state index contributed by atoms with van der Waals surface area (Å²) in [6, 6.07) is 9.96. The summed E-state index contributed by atoms with van der Waals surface area (Å²) in [4.78, 5) is 4.13. The molecule has 0 aliphatic carbocycles. The van der Waals surface area contributed by atoms with Gasteiger partial charge in [-0.05, 0) is 42.0 Å². The Bertz CT molecular complexity index is 1280. The molecule has 0 spiro atoms. The third-order valence-electron chi connectivity index (χ3n) is 5.02. The van der Waals surface area contributed by atoms with Gasteiger partial charge in [-0.1, -0.05) is 0 Å². The number of aliphatic hydroxyl groups is 1. The molecule has 0 fully saturated rings. The van der Waals surface area contributed by atoms with Crippen LogP contribution >= 0.6 is 0 Å². The van der Waals surface area contributed by atoms with E-state index in [-0.39, 0.29) is 12.1 Å². The van der Waals surface area contributed by atoms with Crippen LogP contribution < -0.4 is 9.47 Å². The Morgan fingerprint density at radius 3 is 2.30 bits per heavy atom. The van der Waals surface area contributed by atoms with Crippen molar-refractivity contribution in [1.82, 2.24) is 9.55 Å². The van der Waals surface area contributed by atoms with E-state index in [1.807, 2.05) is 0 Å². The van der Waals surface area contributed by atoms with Crippen LogP contribution in [-0.4, -0.2) is 28.1 Å². The van der Waals surface area contributed by atoms with Gasteiger partial charge < -0.3 is 19.1 Å². The molecule has 0 saturated carbocycles. The van der Waals surface area contributed by atoms with E-state index in [0.717, 1.165) is 24.3 Å². The van der Waals surface area contributed by atoms with Gasteiger partial charge in [0.15, 0.2) is 0 Å². The van der Waals surface area contributed by atoms with Gasteiger partial charge in [0.05, 0.1) is 19.4 Å². The molecule has 5 nitrogen and oxygen atoms in total. The molecule has 0 amide bonds. The second-order valence-electron chi connectivity index (χ2n) is 7.16. The van der Waals surface area contributed by atoms with E-state index in [1.54, 1.807) is 16.7 Å². The lowest BCUT2D eigenvalue weighted by molar-refractivity contribution is -0.274. The smallest absolute Gasteiger partial charge is 0.481 e. The number of methoxy groups -OCH3 is 1. The molecular formula is C23H17F5N2O3. The van der Waals surface area contributed by atoms with Crippen LogP contribution in [0.1, 0.15) is 11.3 Å². The van der Waals surface area contributed by atoms with Crippen molar-refractivity contribution in [2.45, 2.75) is 19.5 Å². The number of halogens is 5. The number of pyridine rings is 1. The molecular weight excluding hydrogens is 447 g/mol. The molecule has 0 unspecified atom stereocenters. The van der Waals surface area contributed by atoms with Crippen LogP contribution in [0.4, 0.5) is 22.0 Å². The highest BCUT2D eigenvalue weighted by atomic mass is 19.4. The normalized spacial score (nSPS) is 11.7. The van der Waals surface area contributed by atoms with Gasteiger partial charge in [0.2, 0.25) is 5.88 Å². The molecule has 172 valence electrons. The van der Waals surface area contributed by atoms with Crippen molar-refractivity contribution in [3.8, 4) is 22.8 Å². The van der Waals surface area contributed by atoms with Crippen molar-refractivity contribution < 1.29 is 36.5 Å². The van der Waals surface area contributed by atoms with Crippen molar-refractivity contribution >= 4 is 10.9 Å². The Kier molecular flexibility index (Phi) is 5.94. The summed E-state index contributed by atoms with van der Waals surface area (Å²) in [6.45, 7) is -0.534. The topological polar surface area (TPSA) is 56.5 Å². The van der Waals surface area contributed by atoms with Crippen molar-refractivity contribution in [2.24, 2.45) is 0 Å². The van der Waals surface area contributed by atoms with Crippen LogP contribution in [0.3, 0.4) is 0 Å². The highest BCUT2D eigenvalue weighted by Gasteiger charge is 2.31. The van der Waals surface area contributed by atoms with Crippen LogP contribution in [-0.2, 0) is 13.2 Å². The zero-order valence-corrected chi connectivity index (χ0v) is 17.2. The lowest BCUT2D eigenvalue weighted by atomic mass is 10.0. The van der Waals surface area contributed by atoms with E-state index >= 15 is 0 Å². The standard InChI is InChI=1S/C23H17F5N2O3/c1-32-21-5-2-14(10-29-21)22-18-9-17(33-23(26,27)28)3-4-19(18)30(20(22)12-31)11-13-6-15(24)8-16(25)7-13/h2-10,31H,11-12H2,1H3. The molecule has 0 bridgehead atoms. The SMILES string of the molecule is COc1ccc(-c2c(CO)n(Cc3cc(F)cc(F)c3)c3ccc(OC(F)(F)F)cc23)cn1. The van der Waals surface area contributed by atoms with Gasteiger partial charge in [-0.2, -0.15) is 0 Å². The molecule has 4 rings (SSSR count). The van der Waals surface area contributed by atoms with Crippen molar-refractivity contribution in [2.75, 3.05) is 7.11 Å². The number of hydrogen-bond acceptors (Lipinski definition) is 4. The summed E-state index contributed by atoms with van der Waals surface area (Å²) in [6.07, 6.45) is -3.44. The van der Waals surface area contributed by atoms with Crippen LogP contribution in [0.5, 0.6) is 11.6 Å². The maximum Gasteiger partial charge on any atom is 0.573 e. The Morgan fingerprint density at radius 2 is 1.73 bits per heavy atom. The number of fused-ring (bicyclic) bond motifs is 1. The molecule has 10 heteroatoms. The predicted octanol–water partition coefficient (Wildman–Crippen LogP) is 5.43. The highest BCUT2D eigenvalue weighted by molar-refractivity contribution is 5.99. The average molecular weight is 464 g/mol. The third kappa shape index (κ3) is 4.75. The lowest BCUT2D eigenvalue weighted by Crippen LogP contribution is -2.17. The minimum Gasteiger partial charge on any atom is -0.481 e. The summed E-state index contributed by atoms with van der Waals surface area (Å²) in [5.74, 6) is -1.67. The Morgan fingerprint density at radius 1 is 1.00 bits per heavy atom. The van der Waals surface area contributed by atoms with Crippen molar-refractivity contribution in [3.63, 3.8) is 0 Å². The van der Waals surface area contributed by atoms with Gasteiger partial charge in [0.1, 0.15) is 17.4 Å². The average Bonchev–Trinajstić information content (AvgIpc) is 3.04. The summed E-state index contributed by atoms with van der Waals surface area (Å²) >= 11 is 0. The molecule has 2 aromatic heterocycles. The Labute approximate surface area is 184 Å². The largest absolute Gasteiger partial charge is 0.573 e. The summed E-state index contributed by atoms with van der Waals surface area (Å²) in [5, 5.41) is 10.5. The van der Waals surface area contributed by atoms with Gasteiger partial charge in [-0.3, -0.25) is 0 Å². The van der Waals surface area contributed by atoms with E-state index in [1.165, 1.54) is 25.4 Å². The number of hydrogen-bond donors (Lipinski definition) is 1. The number of aliphatic hydroxyl groups excluding tert-OH is 1. The minimum absolute atomic E-state index is 0.0376. The van der Waals surface area contributed by atoms with E-state index in [0.29, 0.717) is 33.6 Å². The Hall–Kier alpha value is -3.66. The summed E-state index contributed by atoms with van der Waals surface area (Å²) in [5.41, 5.74) is 1.94. The first-order valence-corrected chi connectivity index (χ1v) is 9.65. The Balaban J connectivity index is 1.94. The molecule has 4 aromatic rings. The molecule has 2 heterocycles. The van der Waals surface area contributed by atoms with E-state index < -0.39 is 30.4 Å². The number of benzene rings is 2. The first-order valence-electron chi connectivity index (χ1n) is 9.65.